The first-order valence-electron chi connectivity index (χ1n) is 11.3. The maximum absolute atomic E-state index is 13.5. The minimum Gasteiger partial charge on any atom is -0.497 e. The molecule has 0 radical (unpaired) electrons. The predicted octanol–water partition coefficient (Wildman–Crippen LogP) is 3.81. The number of nitrogens with zero attached hydrogens (tertiary/aromatic N) is 2. The van der Waals surface area contributed by atoms with Gasteiger partial charge in [-0.25, -0.2) is 0 Å². The summed E-state index contributed by atoms with van der Waals surface area (Å²) in [7, 11) is 1.64. The van der Waals surface area contributed by atoms with Crippen LogP contribution in [0.25, 0.3) is 10.9 Å². The summed E-state index contributed by atoms with van der Waals surface area (Å²) in [6.45, 7) is 4.45. The summed E-state index contributed by atoms with van der Waals surface area (Å²) in [6, 6.07) is 14.1. The summed E-state index contributed by atoms with van der Waals surface area (Å²) >= 11 is 0. The maximum Gasteiger partial charge on any atom is 0.227 e. The number of piperidine rings is 1. The number of amides is 2. The molecule has 6 nitrogen and oxygen atoms in total. The Kier molecular flexibility index (Phi) is 5.37. The average molecular weight is 432 g/mol. The molecule has 2 amide bonds. The van der Waals surface area contributed by atoms with Crippen molar-refractivity contribution < 1.29 is 14.3 Å². The van der Waals surface area contributed by atoms with Crippen LogP contribution in [0.2, 0.25) is 0 Å². The maximum atomic E-state index is 13.5. The number of carbonyl (C=O) groups excluding carboxylic acids is 2. The van der Waals surface area contributed by atoms with Crippen molar-refractivity contribution in [1.29, 1.82) is 0 Å². The average Bonchev–Trinajstić information content (AvgIpc) is 3.19. The number of aryl methyl sites for hydroxylation is 1. The fraction of sp³-hybridized carbons (Fsp3) is 0.385. The van der Waals surface area contributed by atoms with Gasteiger partial charge in [0.25, 0.3) is 0 Å². The van der Waals surface area contributed by atoms with Crippen molar-refractivity contribution in [3.63, 3.8) is 0 Å². The van der Waals surface area contributed by atoms with Crippen molar-refractivity contribution in [3.8, 4) is 5.75 Å². The molecule has 1 atom stereocenters. The van der Waals surface area contributed by atoms with E-state index in [-0.39, 0.29) is 17.7 Å². The summed E-state index contributed by atoms with van der Waals surface area (Å²) in [6.07, 6.45) is 1.89. The van der Waals surface area contributed by atoms with Gasteiger partial charge in [-0.3, -0.25) is 9.59 Å². The van der Waals surface area contributed by atoms with Crippen molar-refractivity contribution >= 4 is 22.7 Å². The number of likely N-dealkylation sites (tertiary alicyclic amines) is 1. The van der Waals surface area contributed by atoms with E-state index in [2.05, 4.69) is 30.1 Å². The highest BCUT2D eigenvalue weighted by Gasteiger charge is 2.34. The van der Waals surface area contributed by atoms with Gasteiger partial charge in [0, 0.05) is 61.2 Å². The van der Waals surface area contributed by atoms with Crippen LogP contribution in [0.4, 0.5) is 0 Å². The number of hydrogen-bond acceptors (Lipinski definition) is 3. The van der Waals surface area contributed by atoms with Crippen LogP contribution >= 0.6 is 0 Å². The standard InChI is InChI=1S/C26H29N3O3/c1-17-5-3-8-21-22-16-28(12-11-23(22)27-25(17)21)26(31)19-9-10-24(30)29(15-19)14-18-6-4-7-20(13-18)32-2/h3-8,13,19,27H,9-12,14-16H2,1-2H3. The Labute approximate surface area is 188 Å². The fourth-order valence-electron chi connectivity index (χ4n) is 5.09. The molecule has 0 saturated carbocycles. The van der Waals surface area contributed by atoms with Gasteiger partial charge < -0.3 is 19.5 Å². The van der Waals surface area contributed by atoms with Gasteiger partial charge in [0.05, 0.1) is 13.0 Å². The molecule has 2 aliphatic heterocycles. The molecule has 3 aromatic rings. The molecular formula is C26H29N3O3. The Morgan fingerprint density at radius 1 is 1.19 bits per heavy atom. The number of methoxy groups -OCH3 is 1. The van der Waals surface area contributed by atoms with Gasteiger partial charge >= 0.3 is 0 Å². The van der Waals surface area contributed by atoms with Crippen molar-refractivity contribution in [2.24, 2.45) is 5.92 Å². The van der Waals surface area contributed by atoms with E-state index in [1.165, 1.54) is 27.7 Å². The van der Waals surface area contributed by atoms with Crippen LogP contribution in [0.3, 0.4) is 0 Å². The number of nitrogens with one attached hydrogen (secondary N) is 1. The third-order valence-corrected chi connectivity index (χ3v) is 6.89. The van der Waals surface area contributed by atoms with E-state index < -0.39 is 0 Å². The minimum atomic E-state index is -0.146. The molecular weight excluding hydrogens is 402 g/mol. The van der Waals surface area contributed by atoms with Crippen LogP contribution < -0.4 is 4.74 Å². The Morgan fingerprint density at radius 3 is 2.88 bits per heavy atom. The third kappa shape index (κ3) is 3.74. The molecule has 1 N–H and O–H groups in total. The Balaban J connectivity index is 1.31. The Bertz CT molecular complexity index is 1180. The second kappa shape index (κ2) is 8.34. The lowest BCUT2D eigenvalue weighted by Crippen LogP contribution is -2.47. The van der Waals surface area contributed by atoms with Crippen molar-refractivity contribution in [2.75, 3.05) is 20.2 Å². The smallest absolute Gasteiger partial charge is 0.227 e. The van der Waals surface area contributed by atoms with Gasteiger partial charge in [0.2, 0.25) is 11.8 Å². The molecule has 3 heterocycles. The first-order valence-corrected chi connectivity index (χ1v) is 11.3. The molecule has 5 rings (SSSR count). The highest BCUT2D eigenvalue weighted by atomic mass is 16.5. The van der Waals surface area contributed by atoms with Gasteiger partial charge in [0.1, 0.15) is 5.75 Å². The van der Waals surface area contributed by atoms with E-state index in [1.54, 1.807) is 7.11 Å². The van der Waals surface area contributed by atoms with E-state index in [0.29, 0.717) is 32.5 Å². The number of para-hydroxylation sites is 1. The first kappa shape index (κ1) is 20.6. The largest absolute Gasteiger partial charge is 0.497 e. The van der Waals surface area contributed by atoms with Crippen LogP contribution in [0.15, 0.2) is 42.5 Å². The van der Waals surface area contributed by atoms with E-state index in [4.69, 9.17) is 4.74 Å². The molecule has 0 aliphatic carbocycles. The molecule has 1 aromatic heterocycles. The van der Waals surface area contributed by atoms with Crippen LogP contribution in [0.1, 0.15) is 35.2 Å². The lowest BCUT2D eigenvalue weighted by atomic mass is 9.94. The van der Waals surface area contributed by atoms with Gasteiger partial charge in [0.15, 0.2) is 0 Å². The second-order valence-electron chi connectivity index (χ2n) is 8.95. The number of rotatable bonds is 4. The number of H-pyrrole nitrogens is 1. The highest BCUT2D eigenvalue weighted by molar-refractivity contribution is 5.89. The van der Waals surface area contributed by atoms with E-state index in [1.807, 2.05) is 34.1 Å². The molecule has 1 saturated heterocycles. The van der Waals surface area contributed by atoms with Gasteiger partial charge in [-0.1, -0.05) is 30.3 Å². The molecule has 1 fully saturated rings. The molecule has 6 heteroatoms. The summed E-state index contributed by atoms with van der Waals surface area (Å²) in [5.41, 5.74) is 5.91. The van der Waals surface area contributed by atoms with Crippen molar-refractivity contribution in [3.05, 3.63) is 64.8 Å². The molecule has 32 heavy (non-hydrogen) atoms. The zero-order chi connectivity index (χ0) is 22.2. The normalized spacial score (nSPS) is 18.7. The van der Waals surface area contributed by atoms with Crippen molar-refractivity contribution in [2.45, 2.75) is 39.3 Å². The number of aromatic amines is 1. The Hall–Kier alpha value is -3.28. The van der Waals surface area contributed by atoms with Gasteiger partial charge in [-0.05, 0) is 36.6 Å². The zero-order valence-electron chi connectivity index (χ0n) is 18.7. The summed E-state index contributed by atoms with van der Waals surface area (Å²) in [5.74, 6) is 0.912. The van der Waals surface area contributed by atoms with E-state index in [0.717, 1.165) is 24.3 Å². The molecule has 0 bridgehead atoms. The summed E-state index contributed by atoms with van der Waals surface area (Å²) in [4.78, 5) is 33.4. The quantitative estimate of drug-likeness (QED) is 0.683. The molecule has 166 valence electrons. The minimum absolute atomic E-state index is 0.116. The number of ether oxygens (including phenoxy) is 1. The number of carbonyl (C=O) groups is 2. The number of fused-ring (bicyclic) bond motifs is 3. The SMILES string of the molecule is COc1cccc(CN2CC(C(=O)N3CCc4[nH]c5c(C)cccc5c4C3)CCC2=O)c1. The number of aromatic nitrogens is 1. The summed E-state index contributed by atoms with van der Waals surface area (Å²) in [5, 5.41) is 1.22. The third-order valence-electron chi connectivity index (χ3n) is 6.89. The van der Waals surface area contributed by atoms with Crippen molar-refractivity contribution in [1.82, 2.24) is 14.8 Å². The van der Waals surface area contributed by atoms with E-state index in [9.17, 15) is 9.59 Å². The number of hydrogen-bond donors (Lipinski definition) is 1. The number of benzene rings is 2. The topological polar surface area (TPSA) is 65.6 Å². The fourth-order valence-corrected chi connectivity index (χ4v) is 5.09. The molecule has 2 aliphatic rings. The molecule has 0 spiro atoms. The predicted molar refractivity (Wildman–Crippen MR) is 123 cm³/mol. The van der Waals surface area contributed by atoms with Gasteiger partial charge in [-0.2, -0.15) is 0 Å². The van der Waals surface area contributed by atoms with Crippen LogP contribution in [-0.2, 0) is 29.1 Å². The van der Waals surface area contributed by atoms with Gasteiger partial charge in [-0.15, -0.1) is 0 Å². The van der Waals surface area contributed by atoms with Crippen LogP contribution in [0.5, 0.6) is 5.75 Å². The van der Waals surface area contributed by atoms with E-state index >= 15 is 0 Å². The highest BCUT2D eigenvalue weighted by Crippen LogP contribution is 2.31. The zero-order valence-corrected chi connectivity index (χ0v) is 18.7. The lowest BCUT2D eigenvalue weighted by Gasteiger charge is -2.36. The monoisotopic (exact) mass is 431 g/mol. The van der Waals surface area contributed by atoms with Crippen LogP contribution in [-0.4, -0.2) is 46.8 Å². The first-order chi connectivity index (χ1) is 15.5. The second-order valence-corrected chi connectivity index (χ2v) is 8.95. The Morgan fingerprint density at radius 2 is 2.03 bits per heavy atom. The lowest BCUT2D eigenvalue weighted by molar-refractivity contribution is -0.144. The van der Waals surface area contributed by atoms with Crippen LogP contribution in [0, 0.1) is 12.8 Å². The molecule has 2 aromatic carbocycles. The molecule has 1 unspecified atom stereocenters. The summed E-state index contributed by atoms with van der Waals surface area (Å²) < 4.78 is 5.30.